The molecule has 1 fully saturated rings. The summed E-state index contributed by atoms with van der Waals surface area (Å²) < 4.78 is 27.1. The molecule has 0 saturated heterocycles. The van der Waals surface area contributed by atoms with Gasteiger partial charge in [-0.25, -0.2) is 13.1 Å². The molecular formula is C22H27N3O2S. The summed E-state index contributed by atoms with van der Waals surface area (Å²) in [6.07, 6.45) is 5.54. The molecule has 1 aromatic carbocycles. The van der Waals surface area contributed by atoms with E-state index in [0.29, 0.717) is 5.92 Å². The highest BCUT2D eigenvalue weighted by Gasteiger charge is 2.27. The molecule has 0 radical (unpaired) electrons. The van der Waals surface area contributed by atoms with E-state index in [2.05, 4.69) is 39.0 Å². The Balaban J connectivity index is 1.52. The maximum absolute atomic E-state index is 12.1. The Labute approximate surface area is 166 Å². The van der Waals surface area contributed by atoms with Crippen molar-refractivity contribution in [2.24, 2.45) is 0 Å². The van der Waals surface area contributed by atoms with Crippen molar-refractivity contribution in [1.82, 2.24) is 14.7 Å². The molecule has 0 amide bonds. The van der Waals surface area contributed by atoms with Crippen LogP contribution in [0.15, 0.2) is 48.7 Å². The van der Waals surface area contributed by atoms with Gasteiger partial charge < -0.3 is 4.98 Å². The predicted molar refractivity (Wildman–Crippen MR) is 114 cm³/mol. The average Bonchev–Trinajstić information content (AvgIpc) is 3.13. The number of benzene rings is 1. The van der Waals surface area contributed by atoms with Gasteiger partial charge in [-0.15, -0.1) is 0 Å². The Bertz CT molecular complexity index is 1050. The maximum Gasteiger partial charge on any atom is 0.214 e. The Morgan fingerprint density at radius 2 is 1.86 bits per heavy atom. The van der Waals surface area contributed by atoms with Crippen molar-refractivity contribution in [3.8, 4) is 11.3 Å². The second-order valence-electron chi connectivity index (χ2n) is 7.97. The second-order valence-corrected chi connectivity index (χ2v) is 10.2. The molecule has 0 atom stereocenters. The number of hydrogen-bond acceptors (Lipinski definition) is 3. The molecule has 0 bridgehead atoms. The molecule has 1 saturated carbocycles. The third-order valence-corrected chi connectivity index (χ3v) is 7.65. The van der Waals surface area contributed by atoms with Gasteiger partial charge in [0, 0.05) is 34.4 Å². The molecule has 2 heterocycles. The second kappa shape index (κ2) is 7.68. The van der Waals surface area contributed by atoms with E-state index in [1.807, 2.05) is 24.4 Å². The smallest absolute Gasteiger partial charge is 0.214 e. The van der Waals surface area contributed by atoms with Crippen LogP contribution in [0.3, 0.4) is 0 Å². The fraction of sp³-hybridized carbons (Fsp3) is 0.409. The number of hydrogen-bond donors (Lipinski definition) is 2. The Kier molecular flexibility index (Phi) is 5.25. The molecule has 148 valence electrons. The van der Waals surface area contributed by atoms with E-state index in [1.165, 1.54) is 11.1 Å². The molecule has 28 heavy (non-hydrogen) atoms. The van der Waals surface area contributed by atoms with Gasteiger partial charge >= 0.3 is 0 Å². The van der Waals surface area contributed by atoms with Crippen LogP contribution in [-0.2, 0) is 10.0 Å². The van der Waals surface area contributed by atoms with Crippen LogP contribution < -0.4 is 4.72 Å². The van der Waals surface area contributed by atoms with Gasteiger partial charge in [-0.2, -0.15) is 0 Å². The van der Waals surface area contributed by atoms with Gasteiger partial charge in [-0.1, -0.05) is 18.2 Å². The lowest BCUT2D eigenvalue weighted by atomic mass is 9.84. The van der Waals surface area contributed by atoms with E-state index in [1.54, 1.807) is 13.8 Å². The summed E-state index contributed by atoms with van der Waals surface area (Å²) in [6.45, 7) is 3.44. The lowest BCUT2D eigenvalue weighted by molar-refractivity contribution is 0.370. The number of sulfonamides is 1. The Morgan fingerprint density at radius 3 is 2.54 bits per heavy atom. The largest absolute Gasteiger partial charge is 0.358 e. The lowest BCUT2D eigenvalue weighted by Gasteiger charge is -2.29. The van der Waals surface area contributed by atoms with Crippen molar-refractivity contribution < 1.29 is 8.42 Å². The van der Waals surface area contributed by atoms with Gasteiger partial charge in [0.05, 0.1) is 10.9 Å². The van der Waals surface area contributed by atoms with Crippen LogP contribution in [0.25, 0.3) is 22.2 Å². The predicted octanol–water partition coefficient (Wildman–Crippen LogP) is 4.58. The van der Waals surface area contributed by atoms with Crippen molar-refractivity contribution >= 4 is 20.9 Å². The van der Waals surface area contributed by atoms with Crippen LogP contribution in [-0.4, -0.2) is 29.7 Å². The minimum atomic E-state index is -3.20. The van der Waals surface area contributed by atoms with Gasteiger partial charge in [-0.05, 0) is 69.7 Å². The van der Waals surface area contributed by atoms with Crippen molar-refractivity contribution in [3.63, 3.8) is 0 Å². The first kappa shape index (κ1) is 19.2. The van der Waals surface area contributed by atoms with E-state index in [0.717, 1.165) is 42.5 Å². The number of nitrogens with zero attached hydrogens (tertiary/aromatic N) is 1. The molecule has 2 N–H and O–H groups in total. The first-order valence-corrected chi connectivity index (χ1v) is 11.5. The van der Waals surface area contributed by atoms with E-state index < -0.39 is 10.0 Å². The molecule has 0 aliphatic heterocycles. The third kappa shape index (κ3) is 3.84. The van der Waals surface area contributed by atoms with Crippen molar-refractivity contribution in [1.29, 1.82) is 0 Å². The minimum Gasteiger partial charge on any atom is -0.358 e. The molecule has 6 heteroatoms. The summed E-state index contributed by atoms with van der Waals surface area (Å²) in [7, 11) is -3.20. The first-order chi connectivity index (χ1) is 13.4. The number of aromatic amines is 1. The van der Waals surface area contributed by atoms with Gasteiger partial charge in [-0.3, -0.25) is 4.98 Å². The van der Waals surface area contributed by atoms with Crippen molar-refractivity contribution in [3.05, 3.63) is 54.4 Å². The number of rotatable bonds is 5. The topological polar surface area (TPSA) is 74.8 Å². The molecule has 2 aromatic heterocycles. The number of aromatic nitrogens is 2. The minimum absolute atomic E-state index is 0.0529. The monoisotopic (exact) mass is 397 g/mol. The summed E-state index contributed by atoms with van der Waals surface area (Å²) in [5.41, 5.74) is 4.48. The summed E-state index contributed by atoms with van der Waals surface area (Å²) in [4.78, 5) is 8.09. The summed E-state index contributed by atoms with van der Waals surface area (Å²) in [5, 5.41) is 0.808. The highest BCUT2D eigenvalue weighted by molar-refractivity contribution is 7.90. The van der Waals surface area contributed by atoms with Crippen LogP contribution in [0, 0.1) is 0 Å². The standard InChI is InChI=1S/C22H27N3O2S/c1-15(2)28(26,27)25-17-11-9-16(10-12-17)22-14-19-18(6-5-8-21(19)24-22)20-7-3-4-13-23-20/h3-8,13-17,24-25H,9-12H2,1-2H3/t16-,17-. The number of pyridine rings is 1. The molecule has 0 unspecified atom stereocenters. The fourth-order valence-corrected chi connectivity index (χ4v) is 5.01. The van der Waals surface area contributed by atoms with Crippen molar-refractivity contribution in [2.75, 3.05) is 0 Å². The number of nitrogens with one attached hydrogen (secondary N) is 2. The van der Waals surface area contributed by atoms with E-state index >= 15 is 0 Å². The van der Waals surface area contributed by atoms with Crippen LogP contribution >= 0.6 is 0 Å². The molecule has 0 spiro atoms. The quantitative estimate of drug-likeness (QED) is 0.661. The Hall–Kier alpha value is -2.18. The van der Waals surface area contributed by atoms with E-state index in [9.17, 15) is 8.42 Å². The normalized spacial score (nSPS) is 20.7. The zero-order chi connectivity index (χ0) is 19.7. The number of fused-ring (bicyclic) bond motifs is 1. The summed E-state index contributed by atoms with van der Waals surface area (Å²) in [5.74, 6) is 0.434. The molecular weight excluding hydrogens is 370 g/mol. The average molecular weight is 398 g/mol. The van der Waals surface area contributed by atoms with Crippen LogP contribution in [0.5, 0.6) is 0 Å². The van der Waals surface area contributed by atoms with Crippen LogP contribution in [0.1, 0.15) is 51.1 Å². The molecule has 1 aliphatic rings. The van der Waals surface area contributed by atoms with E-state index in [4.69, 9.17) is 0 Å². The molecule has 5 nitrogen and oxygen atoms in total. The Morgan fingerprint density at radius 1 is 1.07 bits per heavy atom. The lowest BCUT2D eigenvalue weighted by Crippen LogP contribution is -2.40. The fourth-order valence-electron chi connectivity index (χ4n) is 4.03. The van der Waals surface area contributed by atoms with Crippen LogP contribution in [0.4, 0.5) is 0 Å². The van der Waals surface area contributed by atoms with Crippen molar-refractivity contribution in [2.45, 2.75) is 56.7 Å². The zero-order valence-electron chi connectivity index (χ0n) is 16.4. The van der Waals surface area contributed by atoms with E-state index in [-0.39, 0.29) is 11.3 Å². The van der Waals surface area contributed by atoms with Crippen LogP contribution in [0.2, 0.25) is 0 Å². The molecule has 4 rings (SSSR count). The van der Waals surface area contributed by atoms with Gasteiger partial charge in [0.2, 0.25) is 10.0 Å². The summed E-state index contributed by atoms with van der Waals surface area (Å²) in [6, 6.07) is 14.6. The maximum atomic E-state index is 12.1. The zero-order valence-corrected chi connectivity index (χ0v) is 17.2. The summed E-state index contributed by atoms with van der Waals surface area (Å²) >= 11 is 0. The van der Waals surface area contributed by atoms with Gasteiger partial charge in [0.15, 0.2) is 0 Å². The van der Waals surface area contributed by atoms with Gasteiger partial charge in [0.25, 0.3) is 0 Å². The highest BCUT2D eigenvalue weighted by atomic mass is 32.2. The molecule has 1 aliphatic carbocycles. The first-order valence-electron chi connectivity index (χ1n) is 9.98. The van der Waals surface area contributed by atoms with Gasteiger partial charge in [0.1, 0.15) is 0 Å². The number of H-pyrrole nitrogens is 1. The third-order valence-electron chi connectivity index (χ3n) is 5.74. The molecule has 3 aromatic rings. The highest BCUT2D eigenvalue weighted by Crippen LogP contribution is 2.36. The SMILES string of the molecule is CC(C)S(=O)(=O)N[C@H]1CC[C@H](c2cc3c(-c4ccccn4)cccc3[nH]2)CC1.